The summed E-state index contributed by atoms with van der Waals surface area (Å²) in [5.74, 6) is -0.771. The number of para-hydroxylation sites is 1. The molecule has 0 bridgehead atoms. The molecule has 0 aliphatic rings. The minimum Gasteiger partial charge on any atom is -0.496 e. The van der Waals surface area contributed by atoms with Gasteiger partial charge in [-0.1, -0.05) is 24.3 Å². The standard InChI is InChI=1S/C15H13FO3S/c1-19-14-8-4-2-6-11(14)13(17)10-20(18)15-9-5-3-7-12(15)16/h2-9H,10H2,1H3. The maximum absolute atomic E-state index is 13.5. The third-order valence-corrected chi connectivity index (χ3v) is 4.10. The van der Waals surface area contributed by atoms with Gasteiger partial charge in [0.2, 0.25) is 0 Å². The molecule has 1 atom stereocenters. The lowest BCUT2D eigenvalue weighted by atomic mass is 10.1. The van der Waals surface area contributed by atoms with Crippen molar-refractivity contribution >= 4 is 16.6 Å². The summed E-state index contributed by atoms with van der Waals surface area (Å²) in [5.41, 5.74) is 0.347. The molecule has 0 spiro atoms. The largest absolute Gasteiger partial charge is 0.496 e. The lowest BCUT2D eigenvalue weighted by Crippen LogP contribution is -2.13. The van der Waals surface area contributed by atoms with Crippen LogP contribution in [0.3, 0.4) is 0 Å². The number of hydrogen-bond acceptors (Lipinski definition) is 3. The quantitative estimate of drug-likeness (QED) is 0.796. The lowest BCUT2D eigenvalue weighted by Gasteiger charge is -2.07. The van der Waals surface area contributed by atoms with Crippen molar-refractivity contribution in [1.82, 2.24) is 0 Å². The summed E-state index contributed by atoms with van der Waals surface area (Å²) in [6.45, 7) is 0. The average Bonchev–Trinajstić information content (AvgIpc) is 2.47. The topological polar surface area (TPSA) is 43.4 Å². The van der Waals surface area contributed by atoms with Gasteiger partial charge in [0, 0.05) is 0 Å². The van der Waals surface area contributed by atoms with Crippen molar-refractivity contribution < 1.29 is 18.1 Å². The van der Waals surface area contributed by atoms with Crippen LogP contribution in [0.15, 0.2) is 53.4 Å². The lowest BCUT2D eigenvalue weighted by molar-refractivity contribution is 0.101. The zero-order valence-electron chi connectivity index (χ0n) is 10.8. The monoisotopic (exact) mass is 292 g/mol. The fraction of sp³-hybridized carbons (Fsp3) is 0.133. The normalized spacial score (nSPS) is 11.9. The molecule has 0 aliphatic heterocycles. The number of Topliss-reactive ketones (excluding diaryl/α,β-unsaturated/α-hetero) is 1. The molecule has 0 N–H and O–H groups in total. The van der Waals surface area contributed by atoms with Gasteiger partial charge in [-0.25, -0.2) is 4.39 Å². The highest BCUT2D eigenvalue weighted by atomic mass is 32.2. The van der Waals surface area contributed by atoms with Crippen molar-refractivity contribution in [3.05, 3.63) is 59.9 Å². The molecular formula is C15H13FO3S. The van der Waals surface area contributed by atoms with E-state index in [1.54, 1.807) is 30.3 Å². The fourth-order valence-corrected chi connectivity index (χ4v) is 2.84. The molecule has 5 heteroatoms. The molecule has 2 rings (SSSR count). The van der Waals surface area contributed by atoms with Crippen LogP contribution in [0, 0.1) is 5.82 Å². The molecule has 2 aromatic carbocycles. The first kappa shape index (κ1) is 14.4. The van der Waals surface area contributed by atoms with E-state index in [9.17, 15) is 13.4 Å². The maximum atomic E-state index is 13.5. The molecule has 2 aromatic rings. The first-order chi connectivity index (χ1) is 9.63. The van der Waals surface area contributed by atoms with Crippen molar-refractivity contribution in [3.8, 4) is 5.75 Å². The molecule has 0 radical (unpaired) electrons. The van der Waals surface area contributed by atoms with E-state index in [1.165, 1.54) is 25.3 Å². The Kier molecular flexibility index (Phi) is 4.63. The van der Waals surface area contributed by atoms with Crippen molar-refractivity contribution in [1.29, 1.82) is 0 Å². The molecule has 104 valence electrons. The van der Waals surface area contributed by atoms with Crippen LogP contribution in [0.2, 0.25) is 0 Å². The summed E-state index contributed by atoms with van der Waals surface area (Å²) in [7, 11) is -0.258. The van der Waals surface area contributed by atoms with E-state index in [-0.39, 0.29) is 16.4 Å². The van der Waals surface area contributed by atoms with Crippen LogP contribution in [0.25, 0.3) is 0 Å². The third-order valence-electron chi connectivity index (χ3n) is 2.75. The van der Waals surface area contributed by atoms with E-state index in [2.05, 4.69) is 0 Å². The van der Waals surface area contributed by atoms with Gasteiger partial charge in [-0.05, 0) is 24.3 Å². The molecule has 0 heterocycles. The second-order valence-corrected chi connectivity index (χ2v) is 5.46. The molecule has 0 saturated heterocycles. The number of methoxy groups -OCH3 is 1. The third kappa shape index (κ3) is 3.11. The zero-order valence-corrected chi connectivity index (χ0v) is 11.7. The number of benzene rings is 2. The van der Waals surface area contributed by atoms with Gasteiger partial charge < -0.3 is 4.74 Å². The minimum atomic E-state index is -1.72. The van der Waals surface area contributed by atoms with Gasteiger partial charge >= 0.3 is 0 Å². The highest BCUT2D eigenvalue weighted by Crippen LogP contribution is 2.19. The van der Waals surface area contributed by atoms with Crippen molar-refractivity contribution in [2.75, 3.05) is 12.9 Å². The van der Waals surface area contributed by atoms with E-state index in [1.807, 2.05) is 0 Å². The molecular weight excluding hydrogens is 279 g/mol. The van der Waals surface area contributed by atoms with Gasteiger partial charge in [0.1, 0.15) is 11.6 Å². The Morgan fingerprint density at radius 3 is 2.50 bits per heavy atom. The van der Waals surface area contributed by atoms with Crippen molar-refractivity contribution in [2.45, 2.75) is 4.90 Å². The summed E-state index contributed by atoms with van der Waals surface area (Å²) >= 11 is 0. The molecule has 1 unspecified atom stereocenters. The number of rotatable bonds is 5. The average molecular weight is 292 g/mol. The molecule has 0 aromatic heterocycles. The van der Waals surface area contributed by atoms with Gasteiger partial charge in [-0.2, -0.15) is 0 Å². The highest BCUT2D eigenvalue weighted by molar-refractivity contribution is 7.85. The number of halogens is 1. The summed E-state index contributed by atoms with van der Waals surface area (Å²) in [6.07, 6.45) is 0. The summed E-state index contributed by atoms with van der Waals surface area (Å²) in [5, 5.41) is 0. The molecule has 0 amide bonds. The Morgan fingerprint density at radius 1 is 1.15 bits per heavy atom. The van der Waals surface area contributed by atoms with E-state index in [0.29, 0.717) is 11.3 Å². The maximum Gasteiger partial charge on any atom is 0.179 e. The number of carbonyl (C=O) groups excluding carboxylic acids is 1. The Bertz CT molecular complexity index is 655. The van der Waals surface area contributed by atoms with Crippen molar-refractivity contribution in [3.63, 3.8) is 0 Å². The fourth-order valence-electron chi connectivity index (χ4n) is 1.78. The first-order valence-corrected chi connectivity index (χ1v) is 7.24. The summed E-state index contributed by atoms with van der Waals surface area (Å²) in [6, 6.07) is 12.4. The predicted molar refractivity (Wildman–Crippen MR) is 75.0 cm³/mol. The van der Waals surface area contributed by atoms with Gasteiger partial charge in [-0.15, -0.1) is 0 Å². The van der Waals surface area contributed by atoms with Gasteiger partial charge in [-0.3, -0.25) is 9.00 Å². The number of hydrogen-bond donors (Lipinski definition) is 0. The van der Waals surface area contributed by atoms with E-state index in [4.69, 9.17) is 4.74 Å². The van der Waals surface area contributed by atoms with E-state index in [0.717, 1.165) is 0 Å². The van der Waals surface area contributed by atoms with Crippen LogP contribution < -0.4 is 4.74 Å². The van der Waals surface area contributed by atoms with Crippen LogP contribution >= 0.6 is 0 Å². The van der Waals surface area contributed by atoms with Gasteiger partial charge in [0.15, 0.2) is 5.78 Å². The zero-order chi connectivity index (χ0) is 14.5. The Labute approximate surface area is 118 Å². The number of carbonyl (C=O) groups is 1. The van der Waals surface area contributed by atoms with Crippen LogP contribution in [0.5, 0.6) is 5.75 Å². The molecule has 20 heavy (non-hydrogen) atoms. The minimum absolute atomic E-state index is 0.0377. The molecule has 0 saturated carbocycles. The predicted octanol–water partition coefficient (Wildman–Crippen LogP) is 2.82. The van der Waals surface area contributed by atoms with E-state index >= 15 is 0 Å². The van der Waals surface area contributed by atoms with Crippen molar-refractivity contribution in [2.24, 2.45) is 0 Å². The van der Waals surface area contributed by atoms with Crippen LogP contribution in [-0.4, -0.2) is 22.9 Å². The first-order valence-electron chi connectivity index (χ1n) is 5.92. The second-order valence-electron chi connectivity index (χ2n) is 4.04. The van der Waals surface area contributed by atoms with E-state index < -0.39 is 16.6 Å². The van der Waals surface area contributed by atoms with Gasteiger partial charge in [0.25, 0.3) is 0 Å². The molecule has 0 aliphatic carbocycles. The molecule has 3 nitrogen and oxygen atoms in total. The Morgan fingerprint density at radius 2 is 1.80 bits per heavy atom. The highest BCUT2D eigenvalue weighted by Gasteiger charge is 2.17. The Balaban J connectivity index is 2.20. The van der Waals surface area contributed by atoms with Crippen LogP contribution in [-0.2, 0) is 10.8 Å². The number of ketones is 1. The number of ether oxygens (including phenoxy) is 1. The summed E-state index contributed by atoms with van der Waals surface area (Å²) in [4.78, 5) is 12.2. The SMILES string of the molecule is COc1ccccc1C(=O)CS(=O)c1ccccc1F. The smallest absolute Gasteiger partial charge is 0.179 e. The Hall–Kier alpha value is -2.01. The second kappa shape index (κ2) is 6.43. The molecule has 0 fully saturated rings. The van der Waals surface area contributed by atoms with Crippen LogP contribution in [0.4, 0.5) is 4.39 Å². The van der Waals surface area contributed by atoms with Crippen LogP contribution in [0.1, 0.15) is 10.4 Å². The van der Waals surface area contributed by atoms with Gasteiger partial charge in [0.05, 0.1) is 34.1 Å². The summed E-state index contributed by atoms with van der Waals surface area (Å²) < 4.78 is 30.7.